The second-order valence-corrected chi connectivity index (χ2v) is 9.79. The number of benzene rings is 1. The van der Waals surface area contributed by atoms with Crippen LogP contribution in [0.3, 0.4) is 0 Å². The summed E-state index contributed by atoms with van der Waals surface area (Å²) < 4.78 is 35.5. The highest BCUT2D eigenvalue weighted by molar-refractivity contribution is 7.92. The van der Waals surface area contributed by atoms with Gasteiger partial charge >= 0.3 is 0 Å². The van der Waals surface area contributed by atoms with Gasteiger partial charge in [-0.25, -0.2) is 8.42 Å². The van der Waals surface area contributed by atoms with Gasteiger partial charge in [0.25, 0.3) is 5.91 Å². The van der Waals surface area contributed by atoms with Crippen molar-refractivity contribution in [3.8, 4) is 16.5 Å². The molecule has 2 aromatic heterocycles. The van der Waals surface area contributed by atoms with E-state index >= 15 is 0 Å². The van der Waals surface area contributed by atoms with E-state index in [-0.39, 0.29) is 12.5 Å². The molecule has 9 nitrogen and oxygen atoms in total. The standard InChI is InChI=1S/C20H24N4O5S2/c1-5-24(13-18-21-19(22-29-18)17-7-6-12-30-17)20(25)14(2)28-16-10-8-15(9-11-16)23(3)31(4,26)27/h6-12,14H,5,13H2,1-4H3/t14-/m0/s1. The fraction of sp³-hybridized carbons (Fsp3) is 0.350. The third-order valence-electron chi connectivity index (χ3n) is 4.59. The largest absolute Gasteiger partial charge is 0.481 e. The predicted octanol–water partition coefficient (Wildman–Crippen LogP) is 3.01. The lowest BCUT2D eigenvalue weighted by Gasteiger charge is -2.23. The topological polar surface area (TPSA) is 106 Å². The van der Waals surface area contributed by atoms with Crippen molar-refractivity contribution in [1.82, 2.24) is 15.0 Å². The smallest absolute Gasteiger partial charge is 0.263 e. The van der Waals surface area contributed by atoms with Crippen LogP contribution in [0.4, 0.5) is 5.69 Å². The molecule has 0 unspecified atom stereocenters. The SMILES string of the molecule is CCN(Cc1nc(-c2cccs2)no1)C(=O)[C@H](C)Oc1ccc(N(C)S(C)(=O)=O)cc1. The lowest BCUT2D eigenvalue weighted by molar-refractivity contribution is -0.138. The van der Waals surface area contributed by atoms with Gasteiger partial charge in [-0.1, -0.05) is 11.2 Å². The molecule has 0 radical (unpaired) electrons. The molecule has 0 saturated carbocycles. The van der Waals surface area contributed by atoms with E-state index in [1.807, 2.05) is 24.4 Å². The minimum Gasteiger partial charge on any atom is -0.481 e. The summed E-state index contributed by atoms with van der Waals surface area (Å²) in [6.45, 7) is 4.14. The zero-order chi connectivity index (χ0) is 22.6. The molecule has 1 atom stereocenters. The number of carbonyl (C=O) groups is 1. The van der Waals surface area contributed by atoms with Crippen LogP contribution >= 0.6 is 11.3 Å². The molecule has 0 aliphatic carbocycles. The molecule has 0 aliphatic rings. The van der Waals surface area contributed by atoms with Gasteiger partial charge in [-0.05, 0) is 49.6 Å². The van der Waals surface area contributed by atoms with E-state index in [1.54, 1.807) is 36.1 Å². The maximum Gasteiger partial charge on any atom is 0.263 e. The van der Waals surface area contributed by atoms with E-state index in [9.17, 15) is 13.2 Å². The number of hydrogen-bond acceptors (Lipinski definition) is 8. The average molecular weight is 465 g/mol. The first-order valence-electron chi connectivity index (χ1n) is 9.55. The number of hydrogen-bond donors (Lipinski definition) is 0. The summed E-state index contributed by atoms with van der Waals surface area (Å²) in [5, 5.41) is 5.89. The number of nitrogens with zero attached hydrogens (tertiary/aromatic N) is 4. The summed E-state index contributed by atoms with van der Waals surface area (Å²) in [5.74, 6) is 1.08. The fourth-order valence-electron chi connectivity index (χ4n) is 2.77. The van der Waals surface area contributed by atoms with Crippen LogP contribution in [0.25, 0.3) is 10.7 Å². The number of sulfonamides is 1. The fourth-order valence-corrected chi connectivity index (χ4v) is 3.93. The van der Waals surface area contributed by atoms with Gasteiger partial charge in [0.2, 0.25) is 21.7 Å². The van der Waals surface area contributed by atoms with Crippen LogP contribution in [0.5, 0.6) is 5.75 Å². The second kappa shape index (κ2) is 9.48. The lowest BCUT2D eigenvalue weighted by Crippen LogP contribution is -2.40. The van der Waals surface area contributed by atoms with Crippen LogP contribution in [0.1, 0.15) is 19.7 Å². The van der Waals surface area contributed by atoms with Gasteiger partial charge < -0.3 is 14.2 Å². The molecular weight excluding hydrogens is 440 g/mol. The monoisotopic (exact) mass is 464 g/mol. The maximum absolute atomic E-state index is 12.9. The van der Waals surface area contributed by atoms with Gasteiger partial charge in [0.1, 0.15) is 12.3 Å². The van der Waals surface area contributed by atoms with Gasteiger partial charge in [0, 0.05) is 13.6 Å². The predicted molar refractivity (Wildman–Crippen MR) is 118 cm³/mol. The minimum atomic E-state index is -3.35. The maximum atomic E-state index is 12.9. The highest BCUT2D eigenvalue weighted by Crippen LogP contribution is 2.23. The molecule has 166 valence electrons. The summed E-state index contributed by atoms with van der Waals surface area (Å²) >= 11 is 1.51. The van der Waals surface area contributed by atoms with Crippen molar-refractivity contribution in [2.24, 2.45) is 0 Å². The quantitative estimate of drug-likeness (QED) is 0.479. The minimum absolute atomic E-state index is 0.180. The van der Waals surface area contributed by atoms with Crippen molar-refractivity contribution in [3.63, 3.8) is 0 Å². The van der Waals surface area contributed by atoms with Gasteiger partial charge in [0.15, 0.2) is 6.10 Å². The highest BCUT2D eigenvalue weighted by atomic mass is 32.2. The van der Waals surface area contributed by atoms with Crippen molar-refractivity contribution >= 4 is 33.0 Å². The normalized spacial score (nSPS) is 12.4. The molecule has 0 N–H and O–H groups in total. The Balaban J connectivity index is 1.62. The summed E-state index contributed by atoms with van der Waals surface area (Å²) in [6, 6.07) is 10.3. The summed E-state index contributed by atoms with van der Waals surface area (Å²) in [5.41, 5.74) is 0.502. The Hall–Kier alpha value is -2.92. The van der Waals surface area contributed by atoms with E-state index < -0.39 is 16.1 Å². The van der Waals surface area contributed by atoms with E-state index in [0.29, 0.717) is 29.7 Å². The summed E-state index contributed by atoms with van der Waals surface area (Å²) in [7, 11) is -1.88. The molecule has 0 fully saturated rings. The summed E-state index contributed by atoms with van der Waals surface area (Å²) in [6.07, 6.45) is 0.378. The molecule has 2 heterocycles. The van der Waals surface area contributed by atoms with Gasteiger partial charge in [0.05, 0.1) is 16.8 Å². The van der Waals surface area contributed by atoms with Crippen molar-refractivity contribution in [1.29, 1.82) is 0 Å². The van der Waals surface area contributed by atoms with Crippen molar-refractivity contribution in [2.75, 3.05) is 24.2 Å². The lowest BCUT2D eigenvalue weighted by atomic mass is 10.3. The van der Waals surface area contributed by atoms with Crippen LogP contribution in [0.15, 0.2) is 46.3 Å². The number of rotatable bonds is 9. The second-order valence-electron chi connectivity index (χ2n) is 6.83. The zero-order valence-corrected chi connectivity index (χ0v) is 19.3. The average Bonchev–Trinajstić information content (AvgIpc) is 3.42. The number of amides is 1. The number of aromatic nitrogens is 2. The number of likely N-dealkylation sites (N-methyl/N-ethyl adjacent to an activating group) is 1. The molecule has 0 spiro atoms. The number of carbonyl (C=O) groups excluding carboxylic acids is 1. The Kier molecular flexibility index (Phi) is 6.96. The molecule has 0 aliphatic heterocycles. The van der Waals surface area contributed by atoms with Gasteiger partial charge in [-0.2, -0.15) is 4.98 Å². The van der Waals surface area contributed by atoms with E-state index in [4.69, 9.17) is 9.26 Å². The van der Waals surface area contributed by atoms with Gasteiger partial charge in [-0.15, -0.1) is 11.3 Å². The number of ether oxygens (including phenoxy) is 1. The Morgan fingerprint density at radius 3 is 2.55 bits per heavy atom. The van der Waals surface area contributed by atoms with Crippen molar-refractivity contribution < 1.29 is 22.5 Å². The van der Waals surface area contributed by atoms with Crippen LogP contribution in [0.2, 0.25) is 0 Å². The Morgan fingerprint density at radius 2 is 1.97 bits per heavy atom. The van der Waals surface area contributed by atoms with Crippen LogP contribution in [-0.4, -0.2) is 55.3 Å². The molecule has 1 aromatic carbocycles. The number of thiophene rings is 1. The number of anilines is 1. The first-order chi connectivity index (χ1) is 14.7. The third kappa shape index (κ3) is 5.61. The van der Waals surface area contributed by atoms with E-state index in [1.165, 1.54) is 22.7 Å². The molecule has 1 amide bonds. The zero-order valence-electron chi connectivity index (χ0n) is 17.7. The highest BCUT2D eigenvalue weighted by Gasteiger charge is 2.23. The van der Waals surface area contributed by atoms with E-state index in [0.717, 1.165) is 11.1 Å². The Labute approximate surface area is 185 Å². The van der Waals surface area contributed by atoms with Crippen molar-refractivity contribution in [2.45, 2.75) is 26.5 Å². The Bertz CT molecular complexity index is 1110. The molecule has 0 saturated heterocycles. The van der Waals surface area contributed by atoms with Crippen molar-refractivity contribution in [3.05, 3.63) is 47.7 Å². The van der Waals surface area contributed by atoms with Crippen LogP contribution in [-0.2, 0) is 21.4 Å². The summed E-state index contributed by atoms with van der Waals surface area (Å²) in [4.78, 5) is 19.7. The molecule has 3 rings (SSSR count). The molecular formula is C20H24N4O5S2. The van der Waals surface area contributed by atoms with Crippen LogP contribution < -0.4 is 9.04 Å². The Morgan fingerprint density at radius 1 is 1.26 bits per heavy atom. The van der Waals surface area contributed by atoms with Crippen LogP contribution in [0, 0.1) is 0 Å². The first-order valence-corrected chi connectivity index (χ1v) is 12.3. The third-order valence-corrected chi connectivity index (χ3v) is 6.66. The molecule has 3 aromatic rings. The molecule has 31 heavy (non-hydrogen) atoms. The molecule has 0 bridgehead atoms. The van der Waals surface area contributed by atoms with E-state index in [2.05, 4.69) is 10.1 Å². The first kappa shape index (κ1) is 22.8. The van der Waals surface area contributed by atoms with Gasteiger partial charge in [-0.3, -0.25) is 9.10 Å². The molecule has 11 heteroatoms.